The summed E-state index contributed by atoms with van der Waals surface area (Å²) in [6.07, 6.45) is 6.54. The van der Waals surface area contributed by atoms with Gasteiger partial charge in [0, 0.05) is 12.1 Å². The van der Waals surface area contributed by atoms with Crippen molar-refractivity contribution in [2.75, 3.05) is 22.9 Å². The molecule has 1 aromatic carbocycles. The van der Waals surface area contributed by atoms with Crippen molar-refractivity contribution >= 4 is 33.2 Å². The molecule has 2 aromatic rings. The predicted molar refractivity (Wildman–Crippen MR) is 129 cm³/mol. The number of amides is 1. The summed E-state index contributed by atoms with van der Waals surface area (Å²) in [6.45, 7) is 2.17. The van der Waals surface area contributed by atoms with Crippen molar-refractivity contribution in [1.82, 2.24) is 9.97 Å². The fraction of sp³-hybridized carbons (Fsp3) is 0.500. The molecule has 1 aliphatic rings. The van der Waals surface area contributed by atoms with E-state index in [1.54, 1.807) is 25.1 Å². The first-order valence-corrected chi connectivity index (χ1v) is 12.9. The summed E-state index contributed by atoms with van der Waals surface area (Å²) < 4.78 is 25.4. The zero-order valence-electron chi connectivity index (χ0n) is 18.8. The van der Waals surface area contributed by atoms with Crippen LogP contribution in [0.25, 0.3) is 0 Å². The van der Waals surface area contributed by atoms with Gasteiger partial charge in [0.15, 0.2) is 15.7 Å². The van der Waals surface area contributed by atoms with Crippen LogP contribution in [0.3, 0.4) is 0 Å². The second-order valence-corrected chi connectivity index (χ2v) is 10.7. The topological polar surface area (TPSA) is 173 Å². The number of carbonyl (C=O) groups is 1. The van der Waals surface area contributed by atoms with Crippen LogP contribution in [-0.4, -0.2) is 42.1 Å². The molecule has 0 saturated heterocycles. The number of sulfone groups is 1. The van der Waals surface area contributed by atoms with Crippen molar-refractivity contribution in [2.24, 2.45) is 11.5 Å². The highest BCUT2D eigenvalue weighted by Gasteiger charge is 2.27. The van der Waals surface area contributed by atoms with Crippen LogP contribution in [0.15, 0.2) is 34.0 Å². The summed E-state index contributed by atoms with van der Waals surface area (Å²) in [5.74, 6) is -1.02. The van der Waals surface area contributed by atoms with Gasteiger partial charge in [0.1, 0.15) is 5.56 Å². The minimum absolute atomic E-state index is 0.0391. The number of hydrogen-bond donors (Lipinski definition) is 5. The quantitative estimate of drug-likeness (QED) is 0.343. The first kappa shape index (κ1) is 24.7. The highest BCUT2D eigenvalue weighted by Crippen LogP contribution is 2.27. The van der Waals surface area contributed by atoms with E-state index in [4.69, 9.17) is 11.5 Å². The van der Waals surface area contributed by atoms with Crippen molar-refractivity contribution in [1.29, 1.82) is 0 Å². The molecule has 1 saturated carbocycles. The summed E-state index contributed by atoms with van der Waals surface area (Å²) in [4.78, 5) is 31.5. The third kappa shape index (κ3) is 6.11. The Kier molecular flexibility index (Phi) is 7.75. The van der Waals surface area contributed by atoms with Gasteiger partial charge in [-0.05, 0) is 31.4 Å². The Bertz CT molecular complexity index is 1150. The summed E-state index contributed by atoms with van der Waals surface area (Å²) in [5.41, 5.74) is 10.6. The number of carbonyl (C=O) groups excluding carboxylic acids is 1. The van der Waals surface area contributed by atoms with E-state index in [1.807, 2.05) is 0 Å². The van der Waals surface area contributed by atoms with Crippen molar-refractivity contribution < 1.29 is 13.2 Å². The van der Waals surface area contributed by atoms with E-state index in [2.05, 4.69) is 20.6 Å². The highest BCUT2D eigenvalue weighted by atomic mass is 32.2. The van der Waals surface area contributed by atoms with Crippen LogP contribution < -0.4 is 27.7 Å². The molecular formula is C22H32N6O4S. The zero-order chi connectivity index (χ0) is 24.1. The predicted octanol–water partition coefficient (Wildman–Crippen LogP) is 2.26. The fourth-order valence-corrected chi connectivity index (χ4v) is 5.59. The number of nitrogens with zero attached hydrogens (tertiary/aromatic N) is 1. The zero-order valence-corrected chi connectivity index (χ0v) is 19.6. The number of aromatic amines is 1. The van der Waals surface area contributed by atoms with Gasteiger partial charge in [0.05, 0.1) is 16.3 Å². The van der Waals surface area contributed by atoms with Crippen LogP contribution >= 0.6 is 0 Å². The first-order chi connectivity index (χ1) is 15.6. The van der Waals surface area contributed by atoms with E-state index >= 15 is 0 Å². The molecule has 180 valence electrons. The van der Waals surface area contributed by atoms with Crippen LogP contribution in [0, 0.1) is 0 Å². The Morgan fingerprint density at radius 3 is 2.48 bits per heavy atom. The lowest BCUT2D eigenvalue weighted by molar-refractivity contribution is 0.0999. The van der Waals surface area contributed by atoms with Crippen molar-refractivity contribution in [3.63, 3.8) is 0 Å². The summed E-state index contributed by atoms with van der Waals surface area (Å²) in [6, 6.07) is 6.26. The van der Waals surface area contributed by atoms with Gasteiger partial charge in [-0.15, -0.1) is 0 Å². The molecule has 1 aromatic heterocycles. The van der Waals surface area contributed by atoms with E-state index < -0.39 is 26.8 Å². The average molecular weight is 477 g/mol. The number of nitrogens with two attached hydrogens (primary N) is 2. The van der Waals surface area contributed by atoms with Crippen molar-refractivity contribution in [3.05, 3.63) is 40.2 Å². The average Bonchev–Trinajstić information content (AvgIpc) is 2.97. The normalized spacial score (nSPS) is 16.1. The Balaban J connectivity index is 1.95. The molecule has 0 bridgehead atoms. The number of aromatic nitrogens is 2. The third-order valence-corrected chi connectivity index (χ3v) is 7.79. The van der Waals surface area contributed by atoms with Gasteiger partial charge < -0.3 is 22.1 Å². The van der Waals surface area contributed by atoms with Crippen molar-refractivity contribution in [3.8, 4) is 0 Å². The number of benzene rings is 1. The lowest BCUT2D eigenvalue weighted by atomic mass is 9.91. The summed E-state index contributed by atoms with van der Waals surface area (Å²) >= 11 is 0. The minimum Gasteiger partial charge on any atom is -0.365 e. The molecule has 1 heterocycles. The van der Waals surface area contributed by atoms with Gasteiger partial charge in [0.2, 0.25) is 5.95 Å². The largest absolute Gasteiger partial charge is 0.365 e. The second kappa shape index (κ2) is 10.3. The molecule has 1 fully saturated rings. The molecule has 0 radical (unpaired) electrons. The van der Waals surface area contributed by atoms with E-state index in [9.17, 15) is 18.0 Å². The molecule has 7 N–H and O–H groups in total. The molecule has 11 heteroatoms. The maximum atomic E-state index is 12.7. The number of H-pyrrole nitrogens is 1. The first-order valence-electron chi connectivity index (χ1n) is 11.2. The molecule has 3 rings (SSSR count). The van der Waals surface area contributed by atoms with Crippen LogP contribution in [0.5, 0.6) is 0 Å². The van der Waals surface area contributed by atoms with Gasteiger partial charge in [-0.25, -0.2) is 8.42 Å². The number of para-hydroxylation sites is 1. The van der Waals surface area contributed by atoms with E-state index in [1.165, 1.54) is 6.07 Å². The molecule has 33 heavy (non-hydrogen) atoms. The number of primary amides is 1. The highest BCUT2D eigenvalue weighted by molar-refractivity contribution is 7.91. The molecule has 1 aliphatic carbocycles. The van der Waals surface area contributed by atoms with Gasteiger partial charge in [0.25, 0.3) is 11.5 Å². The van der Waals surface area contributed by atoms with E-state index in [0.29, 0.717) is 13.0 Å². The Morgan fingerprint density at radius 1 is 1.18 bits per heavy atom. The van der Waals surface area contributed by atoms with Gasteiger partial charge in [-0.1, -0.05) is 44.7 Å². The smallest absolute Gasteiger partial charge is 0.267 e. The van der Waals surface area contributed by atoms with E-state index in [-0.39, 0.29) is 33.7 Å². The summed E-state index contributed by atoms with van der Waals surface area (Å²) in [7, 11) is -3.58. The minimum atomic E-state index is -3.58. The van der Waals surface area contributed by atoms with Crippen LogP contribution in [-0.2, 0) is 9.84 Å². The molecule has 1 amide bonds. The Labute approximate surface area is 193 Å². The van der Waals surface area contributed by atoms with Crippen molar-refractivity contribution in [2.45, 2.75) is 62.3 Å². The maximum Gasteiger partial charge on any atom is 0.267 e. The van der Waals surface area contributed by atoms with Gasteiger partial charge in [-0.3, -0.25) is 14.6 Å². The number of anilines is 3. The Hall–Kier alpha value is -2.92. The lowest BCUT2D eigenvalue weighted by Gasteiger charge is -2.28. The molecule has 0 unspecified atom stereocenters. The Morgan fingerprint density at radius 2 is 1.85 bits per heavy atom. The number of nitrogens with one attached hydrogen (secondary N) is 3. The standard InChI is InChI=1S/C22H32N6O4S/c1-2-13-33(31,32)16-10-6-5-9-15(16)26-19-17(18(23)29)20(30)28-21(27-19)25-14-22(24)11-7-3-4-8-12-22/h5-6,9-10H,2-4,7-8,11-14,24H2,1H3,(H2,23,29)(H3,25,26,27,28,30). The molecule has 0 atom stereocenters. The van der Waals surface area contributed by atoms with Crippen LogP contribution in [0.4, 0.5) is 17.5 Å². The lowest BCUT2D eigenvalue weighted by Crippen LogP contribution is -2.46. The van der Waals surface area contributed by atoms with E-state index in [0.717, 1.165) is 38.5 Å². The van der Waals surface area contributed by atoms with Crippen LogP contribution in [0.1, 0.15) is 62.2 Å². The monoisotopic (exact) mass is 476 g/mol. The SMILES string of the molecule is CCCS(=O)(=O)c1ccccc1Nc1nc(NCC2(N)CCCCCC2)[nH]c(=O)c1C(N)=O. The van der Waals surface area contributed by atoms with Gasteiger partial charge in [-0.2, -0.15) is 4.98 Å². The van der Waals surface area contributed by atoms with Gasteiger partial charge >= 0.3 is 0 Å². The number of rotatable bonds is 9. The molecular weight excluding hydrogens is 444 g/mol. The third-order valence-electron chi connectivity index (χ3n) is 5.82. The fourth-order valence-electron chi connectivity index (χ4n) is 4.09. The number of hydrogen-bond acceptors (Lipinski definition) is 8. The molecule has 10 nitrogen and oxygen atoms in total. The second-order valence-electron chi connectivity index (χ2n) is 8.57. The van der Waals surface area contributed by atoms with Crippen LogP contribution in [0.2, 0.25) is 0 Å². The molecule has 0 spiro atoms. The maximum absolute atomic E-state index is 12.7. The summed E-state index contributed by atoms with van der Waals surface area (Å²) in [5, 5.41) is 5.92. The molecule has 0 aliphatic heterocycles.